The van der Waals surface area contributed by atoms with Gasteiger partial charge in [0.15, 0.2) is 0 Å². The smallest absolute Gasteiger partial charge is 0.143 e. The van der Waals surface area contributed by atoms with Gasteiger partial charge in [-0.3, -0.25) is 0 Å². The van der Waals surface area contributed by atoms with Crippen LogP contribution in [0.3, 0.4) is 0 Å². The van der Waals surface area contributed by atoms with Crippen LogP contribution in [0.4, 0.5) is 17.3 Å². The van der Waals surface area contributed by atoms with Gasteiger partial charge in [-0.1, -0.05) is 6.07 Å². The number of thiazole rings is 1. The second-order valence-corrected chi connectivity index (χ2v) is 6.77. The Morgan fingerprint density at radius 2 is 2.19 bits per heavy atom. The van der Waals surface area contributed by atoms with Gasteiger partial charge in [0.25, 0.3) is 0 Å². The van der Waals surface area contributed by atoms with E-state index in [2.05, 4.69) is 30.5 Å². The summed E-state index contributed by atoms with van der Waals surface area (Å²) in [6, 6.07) is 9.49. The van der Waals surface area contributed by atoms with Gasteiger partial charge in [-0.05, 0) is 24.3 Å². The largest absolute Gasteiger partial charge is 0.358 e. The van der Waals surface area contributed by atoms with Crippen LogP contribution in [0.2, 0.25) is 0 Å². The van der Waals surface area contributed by atoms with Gasteiger partial charge in [-0.15, -0.1) is 11.3 Å². The number of carbonyl (C=O) groups excluding carboxylic acids is 1. The van der Waals surface area contributed by atoms with Gasteiger partial charge in [0.2, 0.25) is 0 Å². The third-order valence-corrected chi connectivity index (χ3v) is 4.97. The molecule has 0 aromatic carbocycles. The van der Waals surface area contributed by atoms with Crippen molar-refractivity contribution in [2.45, 2.75) is 6.04 Å². The standard InChI is InChI=1S/C18H18N6OS/c25-12-14-10-19-6-8-24(14)13-4-5-16(21-11-13)23-17-3-1-2-15(22-17)18-20-7-9-26-18/h1-5,7,9,11-12,14,19H,6,8,10H2,(H,21,22,23). The summed E-state index contributed by atoms with van der Waals surface area (Å²) in [6.07, 6.45) is 4.53. The molecule has 8 heteroatoms. The lowest BCUT2D eigenvalue weighted by molar-refractivity contribution is -0.109. The van der Waals surface area contributed by atoms with E-state index in [-0.39, 0.29) is 6.04 Å². The van der Waals surface area contributed by atoms with Crippen molar-refractivity contribution in [3.63, 3.8) is 0 Å². The van der Waals surface area contributed by atoms with Crippen molar-refractivity contribution in [1.82, 2.24) is 20.3 Å². The second-order valence-electron chi connectivity index (χ2n) is 5.87. The van der Waals surface area contributed by atoms with Crippen molar-refractivity contribution >= 4 is 34.9 Å². The summed E-state index contributed by atoms with van der Waals surface area (Å²) in [5, 5.41) is 9.26. The number of nitrogens with one attached hydrogen (secondary N) is 2. The first-order valence-electron chi connectivity index (χ1n) is 8.36. The number of rotatable bonds is 5. The third-order valence-electron chi connectivity index (χ3n) is 4.18. The molecule has 1 aliphatic heterocycles. The molecule has 0 radical (unpaired) electrons. The van der Waals surface area contributed by atoms with Gasteiger partial charge in [-0.2, -0.15) is 0 Å². The molecule has 1 atom stereocenters. The van der Waals surface area contributed by atoms with Gasteiger partial charge in [0.05, 0.1) is 17.9 Å². The van der Waals surface area contributed by atoms with Crippen LogP contribution < -0.4 is 15.5 Å². The maximum Gasteiger partial charge on any atom is 0.143 e. The molecule has 3 aromatic heterocycles. The van der Waals surface area contributed by atoms with E-state index in [1.54, 1.807) is 23.7 Å². The number of aromatic nitrogens is 3. The molecular weight excluding hydrogens is 348 g/mol. The molecule has 2 N–H and O–H groups in total. The maximum atomic E-state index is 11.3. The predicted molar refractivity (Wildman–Crippen MR) is 103 cm³/mol. The van der Waals surface area contributed by atoms with Gasteiger partial charge in [0, 0.05) is 31.2 Å². The zero-order valence-electron chi connectivity index (χ0n) is 14.0. The molecular formula is C18H18N6OS. The van der Waals surface area contributed by atoms with Crippen molar-refractivity contribution in [2.75, 3.05) is 29.9 Å². The second kappa shape index (κ2) is 7.59. The molecule has 4 heterocycles. The number of nitrogens with zero attached hydrogens (tertiary/aromatic N) is 4. The van der Waals surface area contributed by atoms with E-state index in [0.29, 0.717) is 18.2 Å². The Bertz CT molecular complexity index is 868. The van der Waals surface area contributed by atoms with E-state index >= 15 is 0 Å². The average Bonchev–Trinajstić information content (AvgIpc) is 3.24. The maximum absolute atomic E-state index is 11.3. The third kappa shape index (κ3) is 3.56. The fourth-order valence-electron chi connectivity index (χ4n) is 2.90. The topological polar surface area (TPSA) is 83.0 Å². The first kappa shape index (κ1) is 16.6. The van der Waals surface area contributed by atoms with Crippen LogP contribution in [-0.4, -0.2) is 46.9 Å². The minimum Gasteiger partial charge on any atom is -0.358 e. The lowest BCUT2D eigenvalue weighted by Gasteiger charge is -2.34. The number of piperazine rings is 1. The average molecular weight is 366 g/mol. The summed E-state index contributed by atoms with van der Waals surface area (Å²) in [4.78, 5) is 26.7. The minimum absolute atomic E-state index is 0.152. The molecule has 0 aliphatic carbocycles. The van der Waals surface area contributed by atoms with E-state index in [1.165, 1.54) is 0 Å². The Morgan fingerprint density at radius 1 is 1.23 bits per heavy atom. The lowest BCUT2D eigenvalue weighted by Crippen LogP contribution is -2.52. The zero-order valence-corrected chi connectivity index (χ0v) is 14.8. The summed E-state index contributed by atoms with van der Waals surface area (Å²) in [5.41, 5.74) is 1.77. The van der Waals surface area contributed by atoms with Crippen LogP contribution in [0.1, 0.15) is 0 Å². The Kier molecular flexibility index (Phi) is 4.85. The van der Waals surface area contributed by atoms with E-state index in [1.807, 2.05) is 35.7 Å². The Balaban J connectivity index is 1.49. The van der Waals surface area contributed by atoms with Gasteiger partial charge >= 0.3 is 0 Å². The summed E-state index contributed by atoms with van der Waals surface area (Å²) >= 11 is 1.55. The lowest BCUT2D eigenvalue weighted by atomic mass is 10.2. The molecule has 3 aromatic rings. The predicted octanol–water partition coefficient (Wildman–Crippen LogP) is 2.32. The molecule has 7 nitrogen and oxygen atoms in total. The number of anilines is 3. The highest BCUT2D eigenvalue weighted by Gasteiger charge is 2.21. The Labute approximate surface area is 155 Å². The molecule has 26 heavy (non-hydrogen) atoms. The molecule has 0 amide bonds. The SMILES string of the molecule is O=CC1CNCCN1c1ccc(Nc2cccc(-c3nccs3)n2)nc1. The number of carbonyl (C=O) groups is 1. The van der Waals surface area contributed by atoms with Gasteiger partial charge in [0.1, 0.15) is 28.6 Å². The fraction of sp³-hybridized carbons (Fsp3) is 0.222. The highest BCUT2D eigenvalue weighted by atomic mass is 32.1. The quantitative estimate of drug-likeness (QED) is 0.671. The number of pyridine rings is 2. The van der Waals surface area contributed by atoms with Crippen LogP contribution in [-0.2, 0) is 4.79 Å². The van der Waals surface area contributed by atoms with Gasteiger partial charge in [-0.25, -0.2) is 15.0 Å². The molecule has 1 aliphatic rings. The monoisotopic (exact) mass is 366 g/mol. The van der Waals surface area contributed by atoms with Crippen LogP contribution in [0, 0.1) is 0 Å². The van der Waals surface area contributed by atoms with Crippen molar-refractivity contribution in [3.05, 3.63) is 48.1 Å². The highest BCUT2D eigenvalue weighted by molar-refractivity contribution is 7.13. The molecule has 1 fully saturated rings. The van der Waals surface area contributed by atoms with Crippen molar-refractivity contribution < 1.29 is 4.79 Å². The normalized spacial score (nSPS) is 17.1. The van der Waals surface area contributed by atoms with Crippen LogP contribution in [0.15, 0.2) is 48.1 Å². The zero-order chi connectivity index (χ0) is 17.8. The molecule has 0 saturated carbocycles. The molecule has 4 rings (SSSR count). The first-order chi connectivity index (χ1) is 12.8. The van der Waals surface area contributed by atoms with Gasteiger partial charge < -0.3 is 20.3 Å². The van der Waals surface area contributed by atoms with E-state index < -0.39 is 0 Å². The van der Waals surface area contributed by atoms with Crippen molar-refractivity contribution in [1.29, 1.82) is 0 Å². The molecule has 0 bridgehead atoms. The summed E-state index contributed by atoms with van der Waals surface area (Å²) in [7, 11) is 0. The molecule has 0 spiro atoms. The van der Waals surface area contributed by atoms with E-state index in [9.17, 15) is 4.79 Å². The number of hydrogen-bond acceptors (Lipinski definition) is 8. The van der Waals surface area contributed by atoms with Crippen molar-refractivity contribution in [3.8, 4) is 10.7 Å². The number of aldehydes is 1. The first-order valence-corrected chi connectivity index (χ1v) is 9.24. The Hall–Kier alpha value is -2.84. The van der Waals surface area contributed by atoms with E-state index in [4.69, 9.17) is 0 Å². The molecule has 1 saturated heterocycles. The molecule has 1 unspecified atom stereocenters. The van der Waals surface area contributed by atoms with Crippen molar-refractivity contribution in [2.24, 2.45) is 0 Å². The Morgan fingerprint density at radius 3 is 2.96 bits per heavy atom. The summed E-state index contributed by atoms with van der Waals surface area (Å²) < 4.78 is 0. The highest BCUT2D eigenvalue weighted by Crippen LogP contribution is 2.23. The fourth-order valence-corrected chi connectivity index (χ4v) is 3.51. The van der Waals surface area contributed by atoms with Crippen LogP contribution in [0.5, 0.6) is 0 Å². The molecule has 132 valence electrons. The summed E-state index contributed by atoms with van der Waals surface area (Å²) in [5.74, 6) is 1.42. The van der Waals surface area contributed by atoms with Crippen LogP contribution >= 0.6 is 11.3 Å². The summed E-state index contributed by atoms with van der Waals surface area (Å²) in [6.45, 7) is 2.31. The van der Waals surface area contributed by atoms with E-state index in [0.717, 1.165) is 35.8 Å². The van der Waals surface area contributed by atoms with Crippen LogP contribution in [0.25, 0.3) is 10.7 Å². The minimum atomic E-state index is -0.152. The number of hydrogen-bond donors (Lipinski definition) is 2.